The molecule has 1 aliphatic carbocycles. The summed E-state index contributed by atoms with van der Waals surface area (Å²) in [5.41, 5.74) is 7.98. The Morgan fingerprint density at radius 1 is 1.56 bits per heavy atom. The second-order valence-corrected chi connectivity index (χ2v) is 4.83. The Labute approximate surface area is 108 Å². The van der Waals surface area contributed by atoms with Gasteiger partial charge in [0.05, 0.1) is 6.54 Å². The molecule has 0 radical (unpaired) electrons. The molecule has 1 aromatic carbocycles. The van der Waals surface area contributed by atoms with E-state index in [9.17, 15) is 4.79 Å². The van der Waals surface area contributed by atoms with Gasteiger partial charge in [0.25, 0.3) is 5.91 Å². The van der Waals surface area contributed by atoms with Gasteiger partial charge in [-0.3, -0.25) is 4.79 Å². The Morgan fingerprint density at radius 3 is 2.83 bits per heavy atom. The van der Waals surface area contributed by atoms with Gasteiger partial charge in [-0.2, -0.15) is 0 Å². The molecule has 0 aromatic heterocycles. The number of hydrogen-bond acceptors (Lipinski definition) is 2. The van der Waals surface area contributed by atoms with E-state index in [1.54, 1.807) is 0 Å². The molecule has 1 aromatic rings. The third kappa shape index (κ3) is 2.91. The summed E-state index contributed by atoms with van der Waals surface area (Å²) in [4.78, 5) is 12.0. The number of amides is 1. The van der Waals surface area contributed by atoms with E-state index in [4.69, 9.17) is 5.73 Å². The van der Waals surface area contributed by atoms with Gasteiger partial charge in [0.15, 0.2) is 0 Å². The van der Waals surface area contributed by atoms with E-state index in [2.05, 4.69) is 24.1 Å². The monoisotopic (exact) mass is 242 g/mol. The van der Waals surface area contributed by atoms with Crippen LogP contribution in [0.2, 0.25) is 0 Å². The Bertz CT molecular complexity index is 525. The summed E-state index contributed by atoms with van der Waals surface area (Å²) < 4.78 is 0. The summed E-state index contributed by atoms with van der Waals surface area (Å²) in [6, 6.07) is 5.93. The zero-order valence-electron chi connectivity index (χ0n) is 10.8. The van der Waals surface area contributed by atoms with E-state index in [0.717, 1.165) is 17.5 Å². The van der Waals surface area contributed by atoms with E-state index in [1.165, 1.54) is 0 Å². The third-order valence-electron chi connectivity index (χ3n) is 3.24. The molecule has 2 atom stereocenters. The number of carbonyl (C=O) groups is 1. The molecule has 1 aliphatic rings. The van der Waals surface area contributed by atoms with Crippen molar-refractivity contribution in [1.29, 1.82) is 0 Å². The highest BCUT2D eigenvalue weighted by Gasteiger charge is 2.33. The van der Waals surface area contributed by atoms with Crippen molar-refractivity contribution < 1.29 is 4.79 Å². The van der Waals surface area contributed by atoms with Crippen molar-refractivity contribution in [1.82, 2.24) is 5.32 Å². The third-order valence-corrected chi connectivity index (χ3v) is 3.24. The molecule has 3 N–H and O–H groups in total. The predicted octanol–water partition coefficient (Wildman–Crippen LogP) is 1.44. The van der Waals surface area contributed by atoms with E-state index >= 15 is 0 Å². The van der Waals surface area contributed by atoms with Crippen LogP contribution in [0.5, 0.6) is 0 Å². The first-order chi connectivity index (χ1) is 8.61. The number of nitrogens with two attached hydrogens (primary N) is 1. The van der Waals surface area contributed by atoms with Crippen molar-refractivity contribution in [2.24, 2.45) is 11.7 Å². The number of benzene rings is 1. The van der Waals surface area contributed by atoms with E-state index < -0.39 is 0 Å². The minimum Gasteiger partial charge on any atom is -0.349 e. The van der Waals surface area contributed by atoms with E-state index in [-0.39, 0.29) is 5.91 Å². The Morgan fingerprint density at radius 2 is 2.28 bits per heavy atom. The van der Waals surface area contributed by atoms with Crippen LogP contribution in [0, 0.1) is 24.7 Å². The van der Waals surface area contributed by atoms with E-state index in [0.29, 0.717) is 24.1 Å². The molecular weight excluding hydrogens is 224 g/mol. The molecule has 1 saturated carbocycles. The van der Waals surface area contributed by atoms with Gasteiger partial charge in [0.2, 0.25) is 0 Å². The fourth-order valence-electron chi connectivity index (χ4n) is 1.87. The molecule has 1 amide bonds. The lowest BCUT2D eigenvalue weighted by Gasteiger charge is -2.06. The standard InChI is InChI=1S/C15H18N2O/c1-10-8-13(6-5-12(10)4-3-7-16)15(18)17-14-9-11(14)2/h5-6,8,11,14H,7,9,16H2,1-2H3,(H,17,18). The molecular formula is C15H18N2O. The lowest BCUT2D eigenvalue weighted by molar-refractivity contribution is 0.0949. The average molecular weight is 242 g/mol. The van der Waals surface area contributed by atoms with Crippen LogP contribution in [0.1, 0.15) is 34.8 Å². The Kier molecular flexibility index (Phi) is 3.69. The summed E-state index contributed by atoms with van der Waals surface area (Å²) in [7, 11) is 0. The van der Waals surface area contributed by atoms with Crippen LogP contribution in [-0.2, 0) is 0 Å². The van der Waals surface area contributed by atoms with E-state index in [1.807, 2.05) is 25.1 Å². The van der Waals surface area contributed by atoms with Crippen LogP contribution in [0.4, 0.5) is 0 Å². The van der Waals surface area contributed by atoms with Crippen molar-refractivity contribution in [2.45, 2.75) is 26.3 Å². The lowest BCUT2D eigenvalue weighted by Crippen LogP contribution is -2.26. The van der Waals surface area contributed by atoms with Gasteiger partial charge in [-0.15, -0.1) is 0 Å². The molecule has 0 aliphatic heterocycles. The highest BCUT2D eigenvalue weighted by atomic mass is 16.1. The quantitative estimate of drug-likeness (QED) is 0.771. The van der Waals surface area contributed by atoms with Crippen LogP contribution >= 0.6 is 0 Å². The van der Waals surface area contributed by atoms with Crippen LogP contribution in [-0.4, -0.2) is 18.5 Å². The van der Waals surface area contributed by atoms with Crippen LogP contribution < -0.4 is 11.1 Å². The number of carbonyl (C=O) groups excluding carboxylic acids is 1. The highest BCUT2D eigenvalue weighted by molar-refractivity contribution is 5.95. The predicted molar refractivity (Wildman–Crippen MR) is 72.1 cm³/mol. The normalized spacial score (nSPS) is 20.8. The summed E-state index contributed by atoms with van der Waals surface area (Å²) in [6.07, 6.45) is 1.09. The molecule has 2 unspecified atom stereocenters. The first-order valence-corrected chi connectivity index (χ1v) is 6.22. The zero-order chi connectivity index (χ0) is 13.1. The van der Waals surface area contributed by atoms with Crippen molar-refractivity contribution in [3.8, 4) is 11.8 Å². The SMILES string of the molecule is Cc1cc(C(=O)NC2CC2C)ccc1C#CCN. The maximum Gasteiger partial charge on any atom is 0.251 e. The summed E-state index contributed by atoms with van der Waals surface area (Å²) in [5.74, 6) is 6.43. The zero-order valence-corrected chi connectivity index (χ0v) is 10.8. The smallest absolute Gasteiger partial charge is 0.251 e. The highest BCUT2D eigenvalue weighted by Crippen LogP contribution is 2.29. The molecule has 2 rings (SSSR count). The van der Waals surface area contributed by atoms with Gasteiger partial charge in [0, 0.05) is 17.2 Å². The molecule has 0 heterocycles. The molecule has 1 fully saturated rings. The molecule has 94 valence electrons. The molecule has 18 heavy (non-hydrogen) atoms. The van der Waals surface area contributed by atoms with Gasteiger partial charge < -0.3 is 11.1 Å². The topological polar surface area (TPSA) is 55.1 Å². The average Bonchev–Trinajstić information content (AvgIpc) is 3.03. The second-order valence-electron chi connectivity index (χ2n) is 4.83. The van der Waals surface area contributed by atoms with Crippen molar-refractivity contribution in [3.63, 3.8) is 0 Å². The maximum absolute atomic E-state index is 12.0. The number of aryl methyl sites for hydroxylation is 1. The van der Waals surface area contributed by atoms with Crippen molar-refractivity contribution in [3.05, 3.63) is 34.9 Å². The first-order valence-electron chi connectivity index (χ1n) is 6.22. The Hall–Kier alpha value is -1.79. The minimum atomic E-state index is 0.00536. The minimum absolute atomic E-state index is 0.00536. The van der Waals surface area contributed by atoms with Crippen LogP contribution in [0.25, 0.3) is 0 Å². The Balaban J connectivity index is 2.10. The molecule has 0 spiro atoms. The largest absolute Gasteiger partial charge is 0.349 e. The molecule has 3 heteroatoms. The van der Waals surface area contributed by atoms with Gasteiger partial charge in [0.1, 0.15) is 0 Å². The van der Waals surface area contributed by atoms with Gasteiger partial charge >= 0.3 is 0 Å². The fourth-order valence-corrected chi connectivity index (χ4v) is 1.87. The van der Waals surface area contributed by atoms with Crippen LogP contribution in [0.3, 0.4) is 0 Å². The number of hydrogen-bond donors (Lipinski definition) is 2. The molecule has 3 nitrogen and oxygen atoms in total. The van der Waals surface area contributed by atoms with Gasteiger partial charge in [-0.25, -0.2) is 0 Å². The fraction of sp³-hybridized carbons (Fsp3) is 0.400. The number of nitrogens with one attached hydrogen (secondary N) is 1. The van der Waals surface area contributed by atoms with Crippen LogP contribution in [0.15, 0.2) is 18.2 Å². The number of rotatable bonds is 2. The van der Waals surface area contributed by atoms with Gasteiger partial charge in [-0.05, 0) is 43.0 Å². The summed E-state index contributed by atoms with van der Waals surface area (Å²) >= 11 is 0. The second kappa shape index (κ2) is 5.24. The van der Waals surface area contributed by atoms with Crippen molar-refractivity contribution in [2.75, 3.05) is 6.54 Å². The first kappa shape index (κ1) is 12.7. The van der Waals surface area contributed by atoms with Gasteiger partial charge in [-0.1, -0.05) is 18.8 Å². The summed E-state index contributed by atoms with van der Waals surface area (Å²) in [5, 5.41) is 3.01. The molecule has 0 saturated heterocycles. The summed E-state index contributed by atoms with van der Waals surface area (Å²) in [6.45, 7) is 4.44. The maximum atomic E-state index is 12.0. The van der Waals surface area contributed by atoms with Crippen molar-refractivity contribution >= 4 is 5.91 Å². The molecule has 0 bridgehead atoms. The lowest BCUT2D eigenvalue weighted by atomic mass is 10.0.